The molecule has 0 aromatic heterocycles. The zero-order valence-corrected chi connectivity index (χ0v) is 11.1. The summed E-state index contributed by atoms with van der Waals surface area (Å²) in [6.07, 6.45) is 4.01. The first-order valence-electron chi connectivity index (χ1n) is 6.14. The van der Waals surface area contributed by atoms with Gasteiger partial charge in [0.2, 0.25) is 0 Å². The van der Waals surface area contributed by atoms with Gasteiger partial charge in [-0.05, 0) is 23.8 Å². The number of methoxy groups -OCH3 is 1. The Morgan fingerprint density at radius 3 is 2.10 bits per heavy atom. The number of carbonyl (C=O) groups excluding carboxylic acids is 2. The molecular weight excluding hydrogens is 252 g/mol. The van der Waals surface area contributed by atoms with Crippen LogP contribution < -0.4 is 4.74 Å². The van der Waals surface area contributed by atoms with E-state index in [1.807, 2.05) is 24.3 Å². The first kappa shape index (κ1) is 13.7. The zero-order valence-electron chi connectivity index (χ0n) is 11.1. The first-order chi connectivity index (χ1) is 9.72. The molecule has 2 aromatic carbocycles. The van der Waals surface area contributed by atoms with Gasteiger partial charge in [0.1, 0.15) is 12.0 Å². The lowest BCUT2D eigenvalue weighted by molar-refractivity contribution is 0.104. The van der Waals surface area contributed by atoms with Gasteiger partial charge >= 0.3 is 0 Å². The highest BCUT2D eigenvalue weighted by molar-refractivity contribution is 6.07. The maximum Gasteiger partial charge on any atom is 0.185 e. The predicted molar refractivity (Wildman–Crippen MR) is 78.2 cm³/mol. The van der Waals surface area contributed by atoms with Crippen molar-refractivity contribution in [3.63, 3.8) is 0 Å². The molecule has 100 valence electrons. The lowest BCUT2D eigenvalue weighted by Crippen LogP contribution is -1.94. The zero-order chi connectivity index (χ0) is 14.4. The van der Waals surface area contributed by atoms with Crippen LogP contribution in [0.3, 0.4) is 0 Å². The van der Waals surface area contributed by atoms with Crippen molar-refractivity contribution in [2.75, 3.05) is 7.11 Å². The Hall–Kier alpha value is -2.68. The number of aldehydes is 1. The van der Waals surface area contributed by atoms with Crippen LogP contribution in [0.4, 0.5) is 0 Å². The van der Waals surface area contributed by atoms with Crippen molar-refractivity contribution >= 4 is 18.1 Å². The molecule has 0 aliphatic carbocycles. The molecule has 20 heavy (non-hydrogen) atoms. The second-order valence-electron chi connectivity index (χ2n) is 4.21. The minimum atomic E-state index is -0.0988. The molecule has 0 aliphatic heterocycles. The van der Waals surface area contributed by atoms with Crippen LogP contribution in [0.25, 0.3) is 6.08 Å². The Morgan fingerprint density at radius 1 is 0.950 bits per heavy atom. The molecule has 0 unspecified atom stereocenters. The predicted octanol–water partition coefficient (Wildman–Crippen LogP) is 3.40. The fraction of sp³-hybridized carbons (Fsp3) is 0.0588. The third-order valence-corrected chi connectivity index (χ3v) is 2.87. The fourth-order valence-corrected chi connectivity index (χ4v) is 1.71. The summed E-state index contributed by atoms with van der Waals surface area (Å²) in [6, 6.07) is 14.0. The topological polar surface area (TPSA) is 43.4 Å². The Balaban J connectivity index is 2.08. The molecule has 0 N–H and O–H groups in total. The van der Waals surface area contributed by atoms with Crippen LogP contribution in [0.1, 0.15) is 26.3 Å². The molecule has 0 bridgehead atoms. The number of hydrogen-bond acceptors (Lipinski definition) is 3. The molecule has 0 atom stereocenters. The van der Waals surface area contributed by atoms with Crippen molar-refractivity contribution in [3.8, 4) is 5.75 Å². The van der Waals surface area contributed by atoms with Gasteiger partial charge < -0.3 is 4.74 Å². The van der Waals surface area contributed by atoms with E-state index in [1.54, 1.807) is 37.5 Å². The lowest BCUT2D eigenvalue weighted by Gasteiger charge is -1.99. The summed E-state index contributed by atoms with van der Waals surface area (Å²) >= 11 is 0. The molecular formula is C17H14O3. The van der Waals surface area contributed by atoms with Crippen molar-refractivity contribution in [1.29, 1.82) is 0 Å². The van der Waals surface area contributed by atoms with E-state index in [2.05, 4.69) is 0 Å². The molecule has 0 saturated heterocycles. The Bertz CT molecular complexity index is 622. The van der Waals surface area contributed by atoms with Crippen LogP contribution in [-0.2, 0) is 0 Å². The number of benzene rings is 2. The van der Waals surface area contributed by atoms with Crippen molar-refractivity contribution in [2.24, 2.45) is 0 Å². The van der Waals surface area contributed by atoms with Crippen LogP contribution in [-0.4, -0.2) is 19.2 Å². The molecule has 2 rings (SSSR count). The van der Waals surface area contributed by atoms with Gasteiger partial charge in [0.05, 0.1) is 7.11 Å². The summed E-state index contributed by atoms with van der Waals surface area (Å²) in [6.45, 7) is 0. The number of allylic oxidation sites excluding steroid dienone is 1. The van der Waals surface area contributed by atoms with E-state index in [0.29, 0.717) is 11.1 Å². The van der Waals surface area contributed by atoms with E-state index in [1.165, 1.54) is 6.08 Å². The third kappa shape index (κ3) is 3.42. The molecule has 0 saturated carbocycles. The normalized spacial score (nSPS) is 10.4. The minimum absolute atomic E-state index is 0.0988. The third-order valence-electron chi connectivity index (χ3n) is 2.87. The van der Waals surface area contributed by atoms with E-state index in [4.69, 9.17) is 4.74 Å². The van der Waals surface area contributed by atoms with Crippen LogP contribution in [0.5, 0.6) is 5.75 Å². The van der Waals surface area contributed by atoms with E-state index in [-0.39, 0.29) is 5.78 Å². The number of ether oxygens (including phenoxy) is 1. The molecule has 3 heteroatoms. The summed E-state index contributed by atoms with van der Waals surface area (Å²) in [5, 5.41) is 0. The highest BCUT2D eigenvalue weighted by Gasteiger charge is 2.01. The van der Waals surface area contributed by atoms with Gasteiger partial charge in [-0.3, -0.25) is 9.59 Å². The molecule has 0 amide bonds. The van der Waals surface area contributed by atoms with E-state index >= 15 is 0 Å². The Labute approximate surface area is 117 Å². The number of hydrogen-bond donors (Lipinski definition) is 0. The average molecular weight is 266 g/mol. The fourth-order valence-electron chi connectivity index (χ4n) is 1.71. The largest absolute Gasteiger partial charge is 0.497 e. The van der Waals surface area contributed by atoms with Crippen molar-refractivity contribution in [1.82, 2.24) is 0 Å². The second kappa shape index (κ2) is 6.48. The van der Waals surface area contributed by atoms with Crippen LogP contribution in [0, 0.1) is 0 Å². The maximum atomic E-state index is 11.9. The summed E-state index contributed by atoms with van der Waals surface area (Å²) < 4.78 is 5.07. The van der Waals surface area contributed by atoms with Crippen molar-refractivity contribution in [2.45, 2.75) is 0 Å². The van der Waals surface area contributed by atoms with Gasteiger partial charge in [-0.1, -0.05) is 42.5 Å². The monoisotopic (exact) mass is 266 g/mol. The smallest absolute Gasteiger partial charge is 0.185 e. The molecule has 0 heterocycles. The number of rotatable bonds is 5. The van der Waals surface area contributed by atoms with E-state index in [9.17, 15) is 9.59 Å². The minimum Gasteiger partial charge on any atom is -0.497 e. The number of ketones is 1. The van der Waals surface area contributed by atoms with Gasteiger partial charge in [0.25, 0.3) is 0 Å². The van der Waals surface area contributed by atoms with Gasteiger partial charge in [-0.15, -0.1) is 0 Å². The van der Waals surface area contributed by atoms with Gasteiger partial charge in [-0.25, -0.2) is 0 Å². The lowest BCUT2D eigenvalue weighted by atomic mass is 10.1. The van der Waals surface area contributed by atoms with Crippen LogP contribution in [0.2, 0.25) is 0 Å². The van der Waals surface area contributed by atoms with Gasteiger partial charge in [0, 0.05) is 11.1 Å². The molecule has 2 aromatic rings. The summed E-state index contributed by atoms with van der Waals surface area (Å²) in [4.78, 5) is 22.5. The Morgan fingerprint density at radius 2 is 1.55 bits per heavy atom. The molecule has 0 fully saturated rings. The van der Waals surface area contributed by atoms with Crippen molar-refractivity contribution < 1.29 is 14.3 Å². The van der Waals surface area contributed by atoms with Gasteiger partial charge in [0.15, 0.2) is 5.78 Å². The summed E-state index contributed by atoms with van der Waals surface area (Å²) in [5.74, 6) is 0.677. The van der Waals surface area contributed by atoms with Crippen molar-refractivity contribution in [3.05, 3.63) is 71.3 Å². The standard InChI is InChI=1S/C17H14O3/c1-20-16-9-4-13(5-10-16)6-11-17(19)15-7-2-14(12-18)3-8-15/h2-12H,1H3/b11-6+. The summed E-state index contributed by atoms with van der Waals surface area (Å²) in [7, 11) is 1.61. The van der Waals surface area contributed by atoms with E-state index in [0.717, 1.165) is 17.6 Å². The quantitative estimate of drug-likeness (QED) is 0.473. The highest BCUT2D eigenvalue weighted by Crippen LogP contribution is 2.13. The second-order valence-corrected chi connectivity index (χ2v) is 4.21. The van der Waals surface area contributed by atoms with E-state index < -0.39 is 0 Å². The van der Waals surface area contributed by atoms with Gasteiger partial charge in [-0.2, -0.15) is 0 Å². The first-order valence-corrected chi connectivity index (χ1v) is 6.14. The van der Waals surface area contributed by atoms with Crippen LogP contribution >= 0.6 is 0 Å². The highest BCUT2D eigenvalue weighted by atomic mass is 16.5. The molecule has 0 aliphatic rings. The SMILES string of the molecule is COc1ccc(/C=C/C(=O)c2ccc(C=O)cc2)cc1. The van der Waals surface area contributed by atoms with Crippen LogP contribution in [0.15, 0.2) is 54.6 Å². The molecule has 0 spiro atoms. The molecule has 0 radical (unpaired) electrons. The molecule has 3 nitrogen and oxygen atoms in total. The average Bonchev–Trinajstić information content (AvgIpc) is 2.53. The summed E-state index contributed by atoms with van der Waals surface area (Å²) in [5.41, 5.74) is 2.03. The maximum absolute atomic E-state index is 11.9. The number of carbonyl (C=O) groups is 2. The Kier molecular flexibility index (Phi) is 4.45.